The van der Waals surface area contributed by atoms with E-state index in [-0.39, 0.29) is 5.92 Å². The Balaban J connectivity index is 2.14. The first-order chi connectivity index (χ1) is 10.8. The topological polar surface area (TPSA) is 43.1 Å². The van der Waals surface area contributed by atoms with Crippen molar-refractivity contribution in [2.45, 2.75) is 5.92 Å². The van der Waals surface area contributed by atoms with Gasteiger partial charge >= 0.3 is 0 Å². The number of amides is 1. The molecule has 0 aliphatic heterocycles. The largest absolute Gasteiger partial charge is 0.366 e. The Morgan fingerprint density at radius 1 is 0.682 bits per heavy atom. The van der Waals surface area contributed by atoms with Gasteiger partial charge in [-0.05, 0) is 28.8 Å². The number of hydrogen-bond donors (Lipinski definition) is 1. The van der Waals surface area contributed by atoms with E-state index in [9.17, 15) is 4.79 Å². The zero-order valence-electron chi connectivity index (χ0n) is 12.1. The Kier molecular flexibility index (Phi) is 4.01. The van der Waals surface area contributed by atoms with Crippen molar-refractivity contribution in [3.05, 3.63) is 107 Å². The quantitative estimate of drug-likeness (QED) is 0.725. The van der Waals surface area contributed by atoms with Crippen molar-refractivity contribution in [3.8, 4) is 0 Å². The Morgan fingerprint density at radius 3 is 1.68 bits per heavy atom. The van der Waals surface area contributed by atoms with Crippen LogP contribution in [0.25, 0.3) is 0 Å². The molecule has 0 unspecified atom stereocenters. The highest BCUT2D eigenvalue weighted by Gasteiger charge is 2.17. The van der Waals surface area contributed by atoms with Gasteiger partial charge < -0.3 is 5.73 Å². The third-order valence-corrected chi connectivity index (χ3v) is 3.77. The fraction of sp³-hybridized carbons (Fsp3) is 0.0500. The summed E-state index contributed by atoms with van der Waals surface area (Å²) in [7, 11) is 0. The van der Waals surface area contributed by atoms with Crippen LogP contribution in [-0.2, 0) is 0 Å². The van der Waals surface area contributed by atoms with Crippen molar-refractivity contribution >= 4 is 5.91 Å². The van der Waals surface area contributed by atoms with Gasteiger partial charge in [-0.25, -0.2) is 0 Å². The number of benzene rings is 3. The Bertz CT molecular complexity index is 726. The highest BCUT2D eigenvalue weighted by atomic mass is 16.1. The molecular weight excluding hydrogens is 270 g/mol. The van der Waals surface area contributed by atoms with Gasteiger partial charge in [0.05, 0.1) is 0 Å². The van der Waals surface area contributed by atoms with Crippen LogP contribution in [-0.4, -0.2) is 5.91 Å². The van der Waals surface area contributed by atoms with Gasteiger partial charge in [0.15, 0.2) is 0 Å². The van der Waals surface area contributed by atoms with Crippen LogP contribution < -0.4 is 5.73 Å². The molecule has 3 aromatic rings. The lowest BCUT2D eigenvalue weighted by Crippen LogP contribution is -2.12. The van der Waals surface area contributed by atoms with E-state index >= 15 is 0 Å². The average Bonchev–Trinajstić information content (AvgIpc) is 2.57. The normalized spacial score (nSPS) is 10.6. The fourth-order valence-electron chi connectivity index (χ4n) is 2.74. The summed E-state index contributed by atoms with van der Waals surface area (Å²) in [5, 5.41) is 0. The fourth-order valence-corrected chi connectivity index (χ4v) is 2.74. The summed E-state index contributed by atoms with van der Waals surface area (Å²) in [5.41, 5.74) is 9.40. The van der Waals surface area contributed by atoms with Crippen molar-refractivity contribution in [3.63, 3.8) is 0 Å². The zero-order chi connectivity index (χ0) is 15.4. The van der Waals surface area contributed by atoms with Crippen LogP contribution in [0.2, 0.25) is 0 Å². The molecule has 2 N–H and O–H groups in total. The smallest absolute Gasteiger partial charge is 0.248 e. The number of carbonyl (C=O) groups is 1. The second-order valence-corrected chi connectivity index (χ2v) is 5.24. The maximum Gasteiger partial charge on any atom is 0.248 e. The summed E-state index contributed by atoms with van der Waals surface area (Å²) in [4.78, 5) is 11.5. The molecule has 3 rings (SSSR count). The molecule has 0 saturated heterocycles. The molecule has 0 saturated carbocycles. The van der Waals surface area contributed by atoms with Crippen LogP contribution in [0.5, 0.6) is 0 Å². The number of primary amides is 1. The summed E-state index contributed by atoms with van der Waals surface area (Å²) >= 11 is 0. The summed E-state index contributed by atoms with van der Waals surface area (Å²) in [6.45, 7) is 0. The maximum atomic E-state index is 11.5. The second-order valence-electron chi connectivity index (χ2n) is 5.24. The molecule has 0 fully saturated rings. The first-order valence-electron chi connectivity index (χ1n) is 7.25. The van der Waals surface area contributed by atoms with Gasteiger partial charge in [-0.1, -0.05) is 72.8 Å². The van der Waals surface area contributed by atoms with Crippen LogP contribution in [0.1, 0.15) is 33.0 Å². The number of rotatable bonds is 4. The summed E-state index contributed by atoms with van der Waals surface area (Å²) in [6.07, 6.45) is 0. The summed E-state index contributed by atoms with van der Waals surface area (Å²) in [6, 6.07) is 28.1. The van der Waals surface area contributed by atoms with E-state index in [0.717, 1.165) is 5.56 Å². The molecule has 0 spiro atoms. The van der Waals surface area contributed by atoms with Gasteiger partial charge in [0.2, 0.25) is 5.91 Å². The van der Waals surface area contributed by atoms with Crippen LogP contribution in [0.15, 0.2) is 84.9 Å². The molecule has 22 heavy (non-hydrogen) atoms. The first kappa shape index (κ1) is 14.1. The molecule has 3 aromatic carbocycles. The molecule has 2 heteroatoms. The van der Waals surface area contributed by atoms with E-state index in [0.29, 0.717) is 5.56 Å². The lowest BCUT2D eigenvalue weighted by atomic mass is 9.84. The molecule has 0 heterocycles. The van der Waals surface area contributed by atoms with Gasteiger partial charge in [0.1, 0.15) is 0 Å². The van der Waals surface area contributed by atoms with E-state index in [4.69, 9.17) is 5.73 Å². The Labute approximate surface area is 130 Å². The number of nitrogens with two attached hydrogens (primary N) is 1. The Hall–Kier alpha value is -2.87. The van der Waals surface area contributed by atoms with Crippen molar-refractivity contribution in [2.24, 2.45) is 5.73 Å². The van der Waals surface area contributed by atoms with E-state index in [2.05, 4.69) is 24.3 Å². The molecule has 0 atom stereocenters. The van der Waals surface area contributed by atoms with E-state index < -0.39 is 5.91 Å². The molecular formula is C20H17NO. The molecule has 0 bridgehead atoms. The lowest BCUT2D eigenvalue weighted by Gasteiger charge is -2.19. The van der Waals surface area contributed by atoms with E-state index in [1.807, 2.05) is 54.6 Å². The summed E-state index contributed by atoms with van der Waals surface area (Å²) < 4.78 is 0. The van der Waals surface area contributed by atoms with Crippen LogP contribution in [0.3, 0.4) is 0 Å². The number of carbonyl (C=O) groups excluding carboxylic acids is 1. The highest BCUT2D eigenvalue weighted by Crippen LogP contribution is 2.32. The second kappa shape index (κ2) is 6.27. The zero-order valence-corrected chi connectivity index (χ0v) is 12.1. The van der Waals surface area contributed by atoms with E-state index in [1.165, 1.54) is 11.1 Å². The maximum absolute atomic E-state index is 11.5. The number of hydrogen-bond acceptors (Lipinski definition) is 1. The molecule has 0 aliphatic rings. The summed E-state index contributed by atoms with van der Waals surface area (Å²) in [5.74, 6) is -0.316. The molecule has 108 valence electrons. The highest BCUT2D eigenvalue weighted by molar-refractivity contribution is 5.93. The minimum Gasteiger partial charge on any atom is -0.366 e. The van der Waals surface area contributed by atoms with Gasteiger partial charge in [-0.15, -0.1) is 0 Å². The van der Waals surface area contributed by atoms with Crippen LogP contribution in [0, 0.1) is 0 Å². The van der Waals surface area contributed by atoms with Gasteiger partial charge in [0, 0.05) is 11.5 Å². The van der Waals surface area contributed by atoms with Crippen LogP contribution in [0.4, 0.5) is 0 Å². The molecule has 1 amide bonds. The van der Waals surface area contributed by atoms with Gasteiger partial charge in [-0.3, -0.25) is 4.79 Å². The minimum absolute atomic E-state index is 0.0849. The van der Waals surface area contributed by atoms with Crippen LogP contribution >= 0.6 is 0 Å². The first-order valence-corrected chi connectivity index (χ1v) is 7.25. The monoisotopic (exact) mass is 287 g/mol. The van der Waals surface area contributed by atoms with Crippen molar-refractivity contribution in [1.29, 1.82) is 0 Å². The predicted molar refractivity (Wildman–Crippen MR) is 88.8 cm³/mol. The van der Waals surface area contributed by atoms with Gasteiger partial charge in [-0.2, -0.15) is 0 Å². The standard InChI is InChI=1S/C20H17NO/c21-20(22)18-13-7-12-17(14-18)19(15-8-3-1-4-9-15)16-10-5-2-6-11-16/h1-14,19H,(H2,21,22). The van der Waals surface area contributed by atoms with E-state index in [1.54, 1.807) is 6.07 Å². The SMILES string of the molecule is NC(=O)c1cccc(C(c2ccccc2)c2ccccc2)c1. The molecule has 0 radical (unpaired) electrons. The third-order valence-electron chi connectivity index (χ3n) is 3.77. The van der Waals surface area contributed by atoms with Crippen molar-refractivity contribution in [1.82, 2.24) is 0 Å². The van der Waals surface area contributed by atoms with Crippen molar-refractivity contribution < 1.29 is 4.79 Å². The lowest BCUT2D eigenvalue weighted by molar-refractivity contribution is 0.1000. The molecule has 2 nitrogen and oxygen atoms in total. The average molecular weight is 287 g/mol. The van der Waals surface area contributed by atoms with Crippen molar-refractivity contribution in [2.75, 3.05) is 0 Å². The van der Waals surface area contributed by atoms with Gasteiger partial charge in [0.25, 0.3) is 0 Å². The minimum atomic E-state index is -0.401. The molecule has 0 aliphatic carbocycles. The third kappa shape index (κ3) is 2.91. The molecule has 0 aromatic heterocycles. The predicted octanol–water partition coefficient (Wildman–Crippen LogP) is 3.97. The Morgan fingerprint density at radius 2 is 1.18 bits per heavy atom.